The number of nitrogens with zero attached hydrogens (tertiary/aromatic N) is 2. The molecule has 1 N–H and O–H groups in total. The number of nitro groups is 1. The van der Waals surface area contributed by atoms with Crippen molar-refractivity contribution in [2.45, 2.75) is 20.5 Å². The lowest BCUT2D eigenvalue weighted by Gasteiger charge is -2.12. The number of amides is 1. The van der Waals surface area contributed by atoms with Crippen molar-refractivity contribution >= 4 is 23.3 Å². The average molecular weight is 485 g/mol. The molecule has 0 saturated heterocycles. The number of hydrogen-bond acceptors (Lipinski definition) is 10. The van der Waals surface area contributed by atoms with Gasteiger partial charge in [0, 0.05) is 0 Å². The molecule has 3 rings (SSSR count). The van der Waals surface area contributed by atoms with Gasteiger partial charge < -0.3 is 28.8 Å². The normalized spacial score (nSPS) is 10.4. The van der Waals surface area contributed by atoms with Gasteiger partial charge in [0.15, 0.2) is 18.1 Å². The maximum absolute atomic E-state index is 12.4. The molecule has 12 nitrogen and oxygen atoms in total. The van der Waals surface area contributed by atoms with Crippen molar-refractivity contribution < 1.29 is 38.0 Å². The van der Waals surface area contributed by atoms with Crippen LogP contribution in [-0.4, -0.2) is 42.8 Å². The Morgan fingerprint density at radius 2 is 1.86 bits per heavy atom. The van der Waals surface area contributed by atoms with Crippen LogP contribution in [0.15, 0.2) is 40.9 Å². The minimum absolute atomic E-state index is 0.0571. The SMILES string of the molecule is COc1ccc(NC(=O)COC(=O)c2ccc(OCc3c(C)noc3C)c(OC)c2)c([N+](=O)[O-])c1. The minimum atomic E-state index is -0.792. The lowest BCUT2D eigenvalue weighted by atomic mass is 10.2. The maximum Gasteiger partial charge on any atom is 0.338 e. The predicted molar refractivity (Wildman–Crippen MR) is 122 cm³/mol. The number of anilines is 1. The number of methoxy groups -OCH3 is 2. The molecule has 0 bridgehead atoms. The molecule has 0 unspecified atom stereocenters. The van der Waals surface area contributed by atoms with Crippen LogP contribution in [0.25, 0.3) is 0 Å². The molecule has 0 spiro atoms. The zero-order valence-electron chi connectivity index (χ0n) is 19.4. The third-order valence-corrected chi connectivity index (χ3v) is 4.96. The van der Waals surface area contributed by atoms with Gasteiger partial charge in [-0.25, -0.2) is 4.79 Å². The van der Waals surface area contributed by atoms with Crippen molar-refractivity contribution in [2.75, 3.05) is 26.1 Å². The minimum Gasteiger partial charge on any atom is -0.496 e. The number of nitro benzene ring substituents is 1. The van der Waals surface area contributed by atoms with E-state index in [0.717, 1.165) is 5.56 Å². The lowest BCUT2D eigenvalue weighted by molar-refractivity contribution is -0.384. The average Bonchev–Trinajstić information content (AvgIpc) is 3.17. The summed E-state index contributed by atoms with van der Waals surface area (Å²) < 4.78 is 26.2. The van der Waals surface area contributed by atoms with Crippen molar-refractivity contribution in [3.05, 3.63) is 69.1 Å². The van der Waals surface area contributed by atoms with Gasteiger partial charge in [-0.05, 0) is 44.2 Å². The number of hydrogen-bond donors (Lipinski definition) is 1. The van der Waals surface area contributed by atoms with Gasteiger partial charge in [0.25, 0.3) is 11.6 Å². The lowest BCUT2D eigenvalue weighted by Crippen LogP contribution is -2.21. The van der Waals surface area contributed by atoms with E-state index in [0.29, 0.717) is 17.2 Å². The molecule has 0 fully saturated rings. The third-order valence-electron chi connectivity index (χ3n) is 4.96. The number of carbonyl (C=O) groups excluding carboxylic acids is 2. The molecule has 0 aliphatic rings. The van der Waals surface area contributed by atoms with E-state index in [-0.39, 0.29) is 35.0 Å². The highest BCUT2D eigenvalue weighted by molar-refractivity contribution is 5.97. The van der Waals surface area contributed by atoms with E-state index < -0.39 is 23.4 Å². The monoisotopic (exact) mass is 485 g/mol. The first-order chi connectivity index (χ1) is 16.7. The number of esters is 1. The van der Waals surface area contributed by atoms with E-state index in [9.17, 15) is 19.7 Å². The fourth-order valence-electron chi connectivity index (χ4n) is 3.07. The van der Waals surface area contributed by atoms with Crippen LogP contribution in [-0.2, 0) is 16.1 Å². The Bertz CT molecular complexity index is 1230. The Kier molecular flexibility index (Phi) is 7.87. The van der Waals surface area contributed by atoms with Crippen LogP contribution in [0.4, 0.5) is 11.4 Å². The topological polar surface area (TPSA) is 152 Å². The number of ether oxygens (including phenoxy) is 4. The molecule has 2 aromatic carbocycles. The smallest absolute Gasteiger partial charge is 0.338 e. The zero-order chi connectivity index (χ0) is 25.5. The summed E-state index contributed by atoms with van der Waals surface area (Å²) >= 11 is 0. The first-order valence-electron chi connectivity index (χ1n) is 10.3. The van der Waals surface area contributed by atoms with Crippen LogP contribution in [0.2, 0.25) is 0 Å². The highest BCUT2D eigenvalue weighted by atomic mass is 16.6. The van der Waals surface area contributed by atoms with E-state index in [1.807, 2.05) is 0 Å². The van der Waals surface area contributed by atoms with Gasteiger partial charge in [-0.3, -0.25) is 14.9 Å². The molecule has 3 aromatic rings. The molecule has 35 heavy (non-hydrogen) atoms. The fraction of sp³-hybridized carbons (Fsp3) is 0.261. The number of nitrogens with one attached hydrogen (secondary N) is 1. The Balaban J connectivity index is 1.62. The molecular weight excluding hydrogens is 462 g/mol. The van der Waals surface area contributed by atoms with Gasteiger partial charge in [-0.2, -0.15) is 0 Å². The quantitative estimate of drug-likeness (QED) is 0.256. The van der Waals surface area contributed by atoms with Gasteiger partial charge in [0.1, 0.15) is 23.8 Å². The predicted octanol–water partition coefficient (Wildman–Crippen LogP) is 3.59. The number of aryl methyl sites for hydroxylation is 2. The van der Waals surface area contributed by atoms with Crippen molar-refractivity contribution in [1.82, 2.24) is 5.16 Å². The molecule has 1 aromatic heterocycles. The van der Waals surface area contributed by atoms with E-state index in [4.69, 9.17) is 23.5 Å². The molecule has 0 atom stereocenters. The Morgan fingerprint density at radius 3 is 2.49 bits per heavy atom. The number of benzene rings is 2. The van der Waals surface area contributed by atoms with Crippen molar-refractivity contribution in [1.29, 1.82) is 0 Å². The highest BCUT2D eigenvalue weighted by Gasteiger charge is 2.19. The number of aromatic nitrogens is 1. The van der Waals surface area contributed by atoms with E-state index in [1.165, 1.54) is 50.6 Å². The van der Waals surface area contributed by atoms with Crippen LogP contribution >= 0.6 is 0 Å². The Morgan fingerprint density at radius 1 is 1.09 bits per heavy atom. The van der Waals surface area contributed by atoms with E-state index in [1.54, 1.807) is 13.8 Å². The first-order valence-corrected chi connectivity index (χ1v) is 10.3. The van der Waals surface area contributed by atoms with Crippen LogP contribution in [0.5, 0.6) is 17.2 Å². The Hall–Kier alpha value is -4.61. The summed E-state index contributed by atoms with van der Waals surface area (Å²) in [6.07, 6.45) is 0. The van der Waals surface area contributed by atoms with Gasteiger partial charge in [0.2, 0.25) is 0 Å². The van der Waals surface area contributed by atoms with Crippen molar-refractivity contribution in [2.24, 2.45) is 0 Å². The van der Waals surface area contributed by atoms with Crippen LogP contribution in [0.1, 0.15) is 27.4 Å². The highest BCUT2D eigenvalue weighted by Crippen LogP contribution is 2.30. The van der Waals surface area contributed by atoms with Crippen molar-refractivity contribution in [3.8, 4) is 17.2 Å². The number of carbonyl (C=O) groups is 2. The summed E-state index contributed by atoms with van der Waals surface area (Å²) in [4.78, 5) is 35.2. The second kappa shape index (κ2) is 11.0. The summed E-state index contributed by atoms with van der Waals surface area (Å²) in [7, 11) is 2.78. The molecule has 184 valence electrons. The third kappa shape index (κ3) is 6.05. The van der Waals surface area contributed by atoms with Gasteiger partial charge >= 0.3 is 5.97 Å². The number of rotatable bonds is 10. The van der Waals surface area contributed by atoms with Gasteiger partial charge in [-0.15, -0.1) is 0 Å². The van der Waals surface area contributed by atoms with E-state index >= 15 is 0 Å². The Labute approximate surface area is 199 Å². The van der Waals surface area contributed by atoms with Crippen LogP contribution < -0.4 is 19.5 Å². The van der Waals surface area contributed by atoms with Crippen molar-refractivity contribution in [3.63, 3.8) is 0 Å². The summed E-state index contributed by atoms with van der Waals surface area (Å²) in [6, 6.07) is 8.35. The van der Waals surface area contributed by atoms with Crippen LogP contribution in [0, 0.1) is 24.0 Å². The first kappa shape index (κ1) is 25.0. The molecule has 0 aliphatic heterocycles. The second-order valence-electron chi connectivity index (χ2n) is 7.22. The fourth-order valence-corrected chi connectivity index (χ4v) is 3.07. The summed E-state index contributed by atoms with van der Waals surface area (Å²) in [6.45, 7) is 3.11. The van der Waals surface area contributed by atoms with Crippen LogP contribution in [0.3, 0.4) is 0 Å². The molecule has 1 amide bonds. The summed E-state index contributed by atoms with van der Waals surface area (Å²) in [5.41, 5.74) is 1.22. The molecule has 12 heteroatoms. The van der Waals surface area contributed by atoms with Gasteiger partial charge in [-0.1, -0.05) is 5.16 Å². The summed E-state index contributed by atoms with van der Waals surface area (Å²) in [5, 5.41) is 17.5. The van der Waals surface area contributed by atoms with Gasteiger partial charge in [0.05, 0.1) is 42.0 Å². The van der Waals surface area contributed by atoms with E-state index in [2.05, 4.69) is 10.5 Å². The standard InChI is InChI=1S/C23H23N3O9/c1-13-17(14(2)35-25-13)11-33-20-8-5-15(9-21(20)32-4)23(28)34-12-22(27)24-18-7-6-16(31-3)10-19(18)26(29)30/h5-10H,11-12H2,1-4H3,(H,24,27). The molecule has 1 heterocycles. The largest absolute Gasteiger partial charge is 0.496 e. The zero-order valence-corrected chi connectivity index (χ0v) is 19.4. The summed E-state index contributed by atoms with van der Waals surface area (Å²) in [5.74, 6) is 0.0187. The second-order valence-corrected chi connectivity index (χ2v) is 7.22. The molecule has 0 radical (unpaired) electrons. The molecule has 0 aliphatic carbocycles. The molecular formula is C23H23N3O9. The maximum atomic E-state index is 12.4. The molecule has 0 saturated carbocycles.